The van der Waals surface area contributed by atoms with Gasteiger partial charge in [0, 0.05) is 5.56 Å². The van der Waals surface area contributed by atoms with Crippen LogP contribution in [0.3, 0.4) is 0 Å². The minimum absolute atomic E-state index is 0.0408. The first-order valence-corrected chi connectivity index (χ1v) is 10.8. The molecule has 0 fully saturated rings. The van der Waals surface area contributed by atoms with Gasteiger partial charge in [-0.1, -0.05) is 11.6 Å². The summed E-state index contributed by atoms with van der Waals surface area (Å²) in [7, 11) is -4.06. The summed E-state index contributed by atoms with van der Waals surface area (Å²) < 4.78 is 45.4. The molecule has 3 rings (SSSR count). The maximum absolute atomic E-state index is 13.0. The maximum atomic E-state index is 13.0. The van der Waals surface area contributed by atoms with E-state index in [-0.39, 0.29) is 34.3 Å². The molecule has 0 saturated heterocycles. The van der Waals surface area contributed by atoms with Crippen LogP contribution >= 0.6 is 11.6 Å². The van der Waals surface area contributed by atoms with Crippen molar-refractivity contribution in [2.45, 2.75) is 11.4 Å². The van der Waals surface area contributed by atoms with Crippen molar-refractivity contribution in [3.63, 3.8) is 0 Å². The molecule has 2 aromatic carbocycles. The molecule has 2 amide bonds. The van der Waals surface area contributed by atoms with Gasteiger partial charge >= 0.3 is 0 Å². The molecule has 0 aliphatic carbocycles. The Bertz CT molecular complexity index is 1180. The average molecular weight is 466 g/mol. The molecule has 3 aromatic rings. The lowest BCUT2D eigenvalue weighted by atomic mass is 10.2. The van der Waals surface area contributed by atoms with E-state index in [4.69, 9.17) is 16.0 Å². The van der Waals surface area contributed by atoms with Crippen molar-refractivity contribution in [2.24, 2.45) is 0 Å². The first-order valence-electron chi connectivity index (χ1n) is 8.90. The maximum Gasteiger partial charge on any atom is 0.261 e. The van der Waals surface area contributed by atoms with E-state index in [1.807, 2.05) is 0 Å². The predicted molar refractivity (Wildman–Crippen MR) is 112 cm³/mol. The number of carbonyl (C=O) groups is 2. The molecule has 3 N–H and O–H groups in total. The quantitative estimate of drug-likeness (QED) is 0.473. The predicted octanol–water partition coefficient (Wildman–Crippen LogP) is 2.92. The highest BCUT2D eigenvalue weighted by atomic mass is 35.5. The molecule has 0 aliphatic heterocycles. The van der Waals surface area contributed by atoms with E-state index in [1.165, 1.54) is 24.5 Å². The van der Waals surface area contributed by atoms with Gasteiger partial charge in [0.25, 0.3) is 15.9 Å². The van der Waals surface area contributed by atoms with Gasteiger partial charge < -0.3 is 15.1 Å². The van der Waals surface area contributed by atoms with Crippen molar-refractivity contribution in [3.8, 4) is 0 Å². The molecule has 0 bridgehead atoms. The fourth-order valence-corrected chi connectivity index (χ4v) is 3.78. The van der Waals surface area contributed by atoms with Crippen molar-refractivity contribution in [3.05, 3.63) is 83.0 Å². The molecule has 11 heteroatoms. The van der Waals surface area contributed by atoms with Crippen LogP contribution in [0.2, 0.25) is 5.02 Å². The van der Waals surface area contributed by atoms with Gasteiger partial charge in [-0.3, -0.25) is 14.3 Å². The number of nitrogens with one attached hydrogen (secondary N) is 3. The number of sulfonamides is 1. The van der Waals surface area contributed by atoms with Crippen molar-refractivity contribution in [1.29, 1.82) is 0 Å². The highest BCUT2D eigenvalue weighted by Crippen LogP contribution is 2.26. The van der Waals surface area contributed by atoms with Crippen LogP contribution in [0.15, 0.2) is 70.2 Å². The molecule has 0 atom stereocenters. The summed E-state index contributed by atoms with van der Waals surface area (Å²) in [5.74, 6) is -1.05. The molecule has 1 aromatic heterocycles. The Morgan fingerprint density at radius 1 is 1.03 bits per heavy atom. The molecule has 0 spiro atoms. The number of benzene rings is 2. The second kappa shape index (κ2) is 9.63. The Kier molecular flexibility index (Phi) is 6.93. The number of halogens is 2. The zero-order valence-corrected chi connectivity index (χ0v) is 17.5. The average Bonchev–Trinajstić information content (AvgIpc) is 3.26. The van der Waals surface area contributed by atoms with Crippen LogP contribution in [0.4, 0.5) is 10.1 Å². The number of hydrogen-bond acceptors (Lipinski definition) is 5. The molecule has 8 nitrogen and oxygen atoms in total. The number of anilines is 1. The Morgan fingerprint density at radius 3 is 2.45 bits per heavy atom. The Morgan fingerprint density at radius 2 is 1.77 bits per heavy atom. The fraction of sp³-hybridized carbons (Fsp3) is 0.100. The fourth-order valence-electron chi connectivity index (χ4n) is 2.49. The molecule has 0 saturated carbocycles. The lowest BCUT2D eigenvalue weighted by Crippen LogP contribution is -2.36. The van der Waals surface area contributed by atoms with Gasteiger partial charge in [0.2, 0.25) is 5.91 Å². The normalized spacial score (nSPS) is 11.0. The van der Waals surface area contributed by atoms with Crippen LogP contribution in [0.1, 0.15) is 16.1 Å². The van der Waals surface area contributed by atoms with E-state index < -0.39 is 27.7 Å². The number of rotatable bonds is 8. The molecular weight excluding hydrogens is 449 g/mol. The van der Waals surface area contributed by atoms with Crippen LogP contribution < -0.4 is 15.4 Å². The van der Waals surface area contributed by atoms with E-state index in [1.54, 1.807) is 12.1 Å². The van der Waals surface area contributed by atoms with E-state index in [0.717, 1.165) is 24.3 Å². The number of hydrogen-bond donors (Lipinski definition) is 3. The summed E-state index contributed by atoms with van der Waals surface area (Å²) in [6.07, 6.45) is 1.48. The third-order valence-electron chi connectivity index (χ3n) is 4.05. The summed E-state index contributed by atoms with van der Waals surface area (Å²) in [5.41, 5.74) is 0.0425. The zero-order chi connectivity index (χ0) is 22.4. The Hall–Kier alpha value is -3.37. The summed E-state index contributed by atoms with van der Waals surface area (Å²) in [6, 6.07) is 11.6. The summed E-state index contributed by atoms with van der Waals surface area (Å²) in [5, 5.41) is 5.07. The third kappa shape index (κ3) is 6.06. The van der Waals surface area contributed by atoms with Crippen LogP contribution in [0.25, 0.3) is 0 Å². The van der Waals surface area contributed by atoms with Crippen molar-refractivity contribution in [1.82, 2.24) is 10.6 Å². The van der Waals surface area contributed by atoms with E-state index in [0.29, 0.717) is 5.76 Å². The minimum Gasteiger partial charge on any atom is -0.467 e. The van der Waals surface area contributed by atoms with Gasteiger partial charge in [0.05, 0.1) is 35.0 Å². The standard InChI is InChI=1S/C20H17ClFN3O5S/c21-17-8-3-13(20(27)24-12-19(26)23-11-15-2-1-9-30-15)10-18(17)25-31(28,29)16-6-4-14(22)5-7-16/h1-10,25H,11-12H2,(H,23,26)(H,24,27). The van der Waals surface area contributed by atoms with Crippen molar-refractivity contribution in [2.75, 3.05) is 11.3 Å². The van der Waals surface area contributed by atoms with Gasteiger partial charge in [0.1, 0.15) is 11.6 Å². The van der Waals surface area contributed by atoms with E-state index in [9.17, 15) is 22.4 Å². The van der Waals surface area contributed by atoms with Gasteiger partial charge in [-0.05, 0) is 54.6 Å². The molecule has 31 heavy (non-hydrogen) atoms. The first kappa shape index (κ1) is 22.3. The summed E-state index contributed by atoms with van der Waals surface area (Å²) >= 11 is 6.05. The number of carbonyl (C=O) groups excluding carboxylic acids is 2. The first-order chi connectivity index (χ1) is 14.7. The molecule has 0 radical (unpaired) electrons. The smallest absolute Gasteiger partial charge is 0.261 e. The lowest BCUT2D eigenvalue weighted by Gasteiger charge is -2.12. The molecular formula is C20H17ClFN3O5S. The Labute approximate surface area is 182 Å². The monoisotopic (exact) mass is 465 g/mol. The van der Waals surface area contributed by atoms with Crippen molar-refractivity contribution < 1.29 is 26.8 Å². The highest BCUT2D eigenvalue weighted by molar-refractivity contribution is 7.92. The second-order valence-corrected chi connectivity index (χ2v) is 8.38. The highest BCUT2D eigenvalue weighted by Gasteiger charge is 2.18. The van der Waals surface area contributed by atoms with Crippen LogP contribution in [0.5, 0.6) is 0 Å². The van der Waals surface area contributed by atoms with Crippen molar-refractivity contribution >= 4 is 39.1 Å². The van der Waals surface area contributed by atoms with Gasteiger partial charge in [0.15, 0.2) is 0 Å². The van der Waals surface area contributed by atoms with Gasteiger partial charge in [-0.15, -0.1) is 0 Å². The zero-order valence-electron chi connectivity index (χ0n) is 15.9. The topological polar surface area (TPSA) is 118 Å². The van der Waals surface area contributed by atoms with Gasteiger partial charge in [-0.2, -0.15) is 0 Å². The van der Waals surface area contributed by atoms with E-state index in [2.05, 4.69) is 15.4 Å². The van der Waals surface area contributed by atoms with E-state index >= 15 is 0 Å². The Balaban J connectivity index is 1.63. The van der Waals surface area contributed by atoms with Crippen LogP contribution in [0, 0.1) is 5.82 Å². The van der Waals surface area contributed by atoms with Crippen LogP contribution in [-0.2, 0) is 21.4 Å². The number of amides is 2. The second-order valence-electron chi connectivity index (χ2n) is 6.29. The summed E-state index contributed by atoms with van der Waals surface area (Å²) in [6.45, 7) is -0.114. The minimum atomic E-state index is -4.06. The lowest BCUT2D eigenvalue weighted by molar-refractivity contribution is -0.120. The number of furan rings is 1. The molecule has 0 unspecified atom stereocenters. The van der Waals surface area contributed by atoms with Gasteiger partial charge in [-0.25, -0.2) is 12.8 Å². The van der Waals surface area contributed by atoms with Crippen LogP contribution in [-0.4, -0.2) is 26.8 Å². The molecule has 0 aliphatic rings. The largest absolute Gasteiger partial charge is 0.467 e. The molecule has 1 heterocycles. The molecule has 162 valence electrons. The third-order valence-corrected chi connectivity index (χ3v) is 5.76. The SMILES string of the molecule is O=C(CNC(=O)c1ccc(Cl)c(NS(=O)(=O)c2ccc(F)cc2)c1)NCc1ccco1. The summed E-state index contributed by atoms with van der Waals surface area (Å²) in [4.78, 5) is 24.0.